The van der Waals surface area contributed by atoms with E-state index in [1.807, 2.05) is 6.92 Å². The minimum absolute atomic E-state index is 0.314. The molecule has 126 valence electrons. The summed E-state index contributed by atoms with van der Waals surface area (Å²) in [4.78, 5) is 6.67. The molecule has 0 aliphatic carbocycles. The first-order chi connectivity index (χ1) is 11.5. The van der Waals surface area contributed by atoms with E-state index in [4.69, 9.17) is 23.2 Å². The van der Waals surface area contributed by atoms with Crippen molar-refractivity contribution in [2.75, 3.05) is 31.1 Å². The molecule has 0 atom stereocenters. The number of benzene rings is 2. The molecule has 1 heterocycles. The predicted molar refractivity (Wildman–Crippen MR) is 99.8 cm³/mol. The summed E-state index contributed by atoms with van der Waals surface area (Å²) < 4.78 is 14.2. The van der Waals surface area contributed by atoms with Gasteiger partial charge in [0, 0.05) is 48.2 Å². The van der Waals surface area contributed by atoms with Gasteiger partial charge in [0.05, 0.1) is 5.02 Å². The lowest BCUT2D eigenvalue weighted by molar-refractivity contribution is 0.588. The van der Waals surface area contributed by atoms with Gasteiger partial charge in [-0.2, -0.15) is 0 Å². The molecular formula is C18H18Cl2FN3. The summed E-state index contributed by atoms with van der Waals surface area (Å²) >= 11 is 12.1. The fraction of sp³-hybridized carbons (Fsp3) is 0.278. The average Bonchev–Trinajstić information content (AvgIpc) is 2.57. The highest BCUT2D eigenvalue weighted by atomic mass is 35.5. The molecule has 1 aliphatic heterocycles. The molecule has 1 N–H and O–H groups in total. The van der Waals surface area contributed by atoms with E-state index in [-0.39, 0.29) is 5.82 Å². The number of nitrogens with one attached hydrogen (secondary N) is 1. The molecule has 0 bridgehead atoms. The van der Waals surface area contributed by atoms with Crippen molar-refractivity contribution in [3.63, 3.8) is 0 Å². The maximum absolute atomic E-state index is 14.2. The zero-order valence-electron chi connectivity index (χ0n) is 13.3. The first-order valence-electron chi connectivity index (χ1n) is 7.80. The lowest BCUT2D eigenvalue weighted by atomic mass is 10.1. The molecule has 1 aliphatic rings. The van der Waals surface area contributed by atoms with Crippen LogP contribution in [0.5, 0.6) is 0 Å². The summed E-state index contributed by atoms with van der Waals surface area (Å²) in [5.41, 5.74) is 2.68. The Hall–Kier alpha value is -1.62. The number of aliphatic imine (C=N–C) groups is 1. The van der Waals surface area contributed by atoms with Gasteiger partial charge in [0.1, 0.15) is 11.5 Å². The molecule has 0 spiro atoms. The van der Waals surface area contributed by atoms with E-state index in [2.05, 4.69) is 15.2 Å². The van der Waals surface area contributed by atoms with Crippen molar-refractivity contribution >= 4 is 40.3 Å². The number of nitrogens with zero attached hydrogens (tertiary/aromatic N) is 2. The lowest BCUT2D eigenvalue weighted by Gasteiger charge is -2.29. The largest absolute Gasteiger partial charge is 0.369 e. The Morgan fingerprint density at radius 2 is 1.88 bits per heavy atom. The lowest BCUT2D eigenvalue weighted by Crippen LogP contribution is -2.43. The third kappa shape index (κ3) is 3.89. The Morgan fingerprint density at radius 1 is 1.12 bits per heavy atom. The molecule has 0 unspecified atom stereocenters. The number of hydrogen-bond acceptors (Lipinski definition) is 3. The first-order valence-corrected chi connectivity index (χ1v) is 8.56. The molecule has 2 aromatic carbocycles. The van der Waals surface area contributed by atoms with E-state index in [9.17, 15) is 4.39 Å². The van der Waals surface area contributed by atoms with Crippen molar-refractivity contribution in [1.82, 2.24) is 5.32 Å². The fourth-order valence-electron chi connectivity index (χ4n) is 2.73. The van der Waals surface area contributed by atoms with Gasteiger partial charge in [-0.25, -0.2) is 9.38 Å². The highest BCUT2D eigenvalue weighted by Crippen LogP contribution is 2.28. The Morgan fingerprint density at radius 3 is 2.58 bits per heavy atom. The molecule has 1 saturated heterocycles. The number of hydrogen-bond donors (Lipinski definition) is 1. The summed E-state index contributed by atoms with van der Waals surface area (Å²) in [6.07, 6.45) is 0. The fourth-order valence-corrected chi connectivity index (χ4v) is 3.28. The predicted octanol–water partition coefficient (Wildman–Crippen LogP) is 4.68. The smallest absolute Gasteiger partial charge is 0.148 e. The molecule has 0 amide bonds. The van der Waals surface area contributed by atoms with Crippen LogP contribution in [0.4, 0.5) is 15.8 Å². The summed E-state index contributed by atoms with van der Waals surface area (Å²) in [7, 11) is 0. The zero-order valence-corrected chi connectivity index (χ0v) is 14.8. The van der Waals surface area contributed by atoms with Gasteiger partial charge in [-0.3, -0.25) is 0 Å². The van der Waals surface area contributed by atoms with E-state index in [1.165, 1.54) is 6.07 Å². The molecule has 24 heavy (non-hydrogen) atoms. The van der Waals surface area contributed by atoms with Gasteiger partial charge in [-0.05, 0) is 37.3 Å². The van der Waals surface area contributed by atoms with Crippen molar-refractivity contribution in [2.24, 2.45) is 4.99 Å². The van der Waals surface area contributed by atoms with Crippen molar-refractivity contribution in [3.05, 3.63) is 57.8 Å². The van der Waals surface area contributed by atoms with Crippen LogP contribution in [0, 0.1) is 5.82 Å². The molecule has 1 fully saturated rings. The minimum atomic E-state index is -0.349. The van der Waals surface area contributed by atoms with E-state index in [1.54, 1.807) is 30.3 Å². The summed E-state index contributed by atoms with van der Waals surface area (Å²) in [6, 6.07) is 10.2. The Kier molecular flexibility index (Phi) is 5.39. The van der Waals surface area contributed by atoms with Gasteiger partial charge in [0.25, 0.3) is 0 Å². The third-order valence-electron chi connectivity index (χ3n) is 4.02. The summed E-state index contributed by atoms with van der Waals surface area (Å²) in [5, 5.41) is 4.37. The van der Waals surface area contributed by atoms with E-state index < -0.39 is 0 Å². The topological polar surface area (TPSA) is 27.6 Å². The van der Waals surface area contributed by atoms with E-state index in [0.717, 1.165) is 37.4 Å². The SMILES string of the molecule is CC(=Nc1cc(N2CCNCC2)ccc1F)c1ccc(Cl)cc1Cl. The van der Waals surface area contributed by atoms with Crippen LogP contribution in [-0.2, 0) is 0 Å². The molecule has 0 radical (unpaired) electrons. The number of anilines is 1. The second-order valence-electron chi connectivity index (χ2n) is 5.69. The highest BCUT2D eigenvalue weighted by Gasteiger charge is 2.13. The Bertz CT molecular complexity index is 771. The van der Waals surface area contributed by atoms with Crippen LogP contribution in [0.2, 0.25) is 10.0 Å². The Labute approximate surface area is 151 Å². The van der Waals surface area contributed by atoms with E-state index in [0.29, 0.717) is 21.4 Å². The second-order valence-corrected chi connectivity index (χ2v) is 6.54. The maximum Gasteiger partial charge on any atom is 0.148 e. The number of halogens is 3. The van der Waals surface area contributed by atoms with Crippen molar-refractivity contribution in [1.29, 1.82) is 0 Å². The standard InChI is InChI=1S/C18H18Cl2FN3/c1-12(15-4-2-13(19)10-16(15)20)23-18-11-14(3-5-17(18)21)24-8-6-22-7-9-24/h2-5,10-11,22H,6-9H2,1H3. The van der Waals surface area contributed by atoms with Gasteiger partial charge in [0.15, 0.2) is 0 Å². The van der Waals surface area contributed by atoms with Crippen LogP contribution < -0.4 is 10.2 Å². The highest BCUT2D eigenvalue weighted by molar-refractivity contribution is 6.37. The zero-order chi connectivity index (χ0) is 17.1. The summed E-state index contributed by atoms with van der Waals surface area (Å²) in [6.45, 7) is 5.46. The molecular weight excluding hydrogens is 348 g/mol. The van der Waals surface area contributed by atoms with Crippen LogP contribution in [0.15, 0.2) is 41.4 Å². The Balaban J connectivity index is 1.92. The van der Waals surface area contributed by atoms with Gasteiger partial charge < -0.3 is 10.2 Å². The average molecular weight is 366 g/mol. The first kappa shape index (κ1) is 17.2. The molecule has 3 nitrogen and oxygen atoms in total. The molecule has 3 rings (SSSR count). The normalized spacial score (nSPS) is 15.7. The van der Waals surface area contributed by atoms with Crippen LogP contribution in [0.1, 0.15) is 12.5 Å². The number of rotatable bonds is 3. The second kappa shape index (κ2) is 7.51. The molecule has 6 heteroatoms. The van der Waals surface area contributed by atoms with Crippen LogP contribution in [0.25, 0.3) is 0 Å². The van der Waals surface area contributed by atoms with E-state index >= 15 is 0 Å². The van der Waals surface area contributed by atoms with Crippen LogP contribution in [-0.4, -0.2) is 31.9 Å². The molecule has 0 saturated carbocycles. The minimum Gasteiger partial charge on any atom is -0.369 e. The van der Waals surface area contributed by atoms with Crippen molar-refractivity contribution in [3.8, 4) is 0 Å². The van der Waals surface area contributed by atoms with Gasteiger partial charge >= 0.3 is 0 Å². The molecule has 0 aromatic heterocycles. The van der Waals surface area contributed by atoms with Crippen LogP contribution in [0.3, 0.4) is 0 Å². The number of piperazine rings is 1. The maximum atomic E-state index is 14.2. The van der Waals surface area contributed by atoms with Gasteiger partial charge in [-0.1, -0.05) is 29.3 Å². The van der Waals surface area contributed by atoms with Gasteiger partial charge in [-0.15, -0.1) is 0 Å². The van der Waals surface area contributed by atoms with Crippen molar-refractivity contribution in [2.45, 2.75) is 6.92 Å². The quantitative estimate of drug-likeness (QED) is 0.799. The molecule has 2 aromatic rings. The van der Waals surface area contributed by atoms with Gasteiger partial charge in [0.2, 0.25) is 0 Å². The third-order valence-corrected chi connectivity index (χ3v) is 4.57. The monoisotopic (exact) mass is 365 g/mol. The summed E-state index contributed by atoms with van der Waals surface area (Å²) in [5.74, 6) is -0.349. The van der Waals surface area contributed by atoms with Crippen molar-refractivity contribution < 1.29 is 4.39 Å². The van der Waals surface area contributed by atoms with Crippen LogP contribution >= 0.6 is 23.2 Å².